The van der Waals surface area contributed by atoms with Crippen LogP contribution in [0.1, 0.15) is 4.88 Å². The molecule has 0 fully saturated rings. The van der Waals surface area contributed by atoms with E-state index in [9.17, 15) is 0 Å². The lowest BCUT2D eigenvalue weighted by atomic mass is 10.3. The van der Waals surface area contributed by atoms with Crippen LogP contribution in [0.2, 0.25) is 0 Å². The maximum atomic E-state index is 4.39. The second-order valence-electron chi connectivity index (χ2n) is 2.69. The number of nitrogens with zero attached hydrogens (tertiary/aromatic N) is 1. The second kappa shape index (κ2) is 4.00. The van der Waals surface area contributed by atoms with Gasteiger partial charge in [0.2, 0.25) is 0 Å². The number of nitrogens with one attached hydrogen (secondary N) is 1. The summed E-state index contributed by atoms with van der Waals surface area (Å²) in [5, 5.41) is 5.19. The van der Waals surface area contributed by atoms with Gasteiger partial charge in [-0.05, 0) is 36.1 Å². The van der Waals surface area contributed by atoms with E-state index in [-0.39, 0.29) is 0 Å². The monoisotopic (exact) mass is 210 g/mol. The highest BCUT2D eigenvalue weighted by atomic mass is 32.1. The Labute approximate surface area is 85.4 Å². The topological polar surface area (TPSA) is 24.9 Å². The first-order valence-corrected chi connectivity index (χ1v) is 5.69. The molecule has 0 aliphatic heterocycles. The Morgan fingerprint density at radius 1 is 1.54 bits per heavy atom. The van der Waals surface area contributed by atoms with Gasteiger partial charge in [-0.1, -0.05) is 6.07 Å². The van der Waals surface area contributed by atoms with Crippen LogP contribution in [0.3, 0.4) is 0 Å². The summed E-state index contributed by atoms with van der Waals surface area (Å²) in [4.78, 5) is 2.53. The van der Waals surface area contributed by atoms with Crippen molar-refractivity contribution in [2.75, 3.05) is 7.05 Å². The van der Waals surface area contributed by atoms with Crippen LogP contribution < -0.4 is 5.32 Å². The molecule has 4 heteroatoms. The molecule has 0 unspecified atom stereocenters. The first-order valence-electron chi connectivity index (χ1n) is 4.04. The van der Waals surface area contributed by atoms with Gasteiger partial charge < -0.3 is 5.32 Å². The first kappa shape index (κ1) is 8.87. The molecular weight excluding hydrogens is 200 g/mol. The van der Waals surface area contributed by atoms with Gasteiger partial charge in [0.15, 0.2) is 0 Å². The Morgan fingerprint density at radius 2 is 2.46 bits per heavy atom. The highest BCUT2D eigenvalue weighted by Crippen LogP contribution is 2.25. The average Bonchev–Trinajstić information content (AvgIpc) is 2.70. The maximum Gasteiger partial charge on any atom is 0.0943 e. The lowest BCUT2D eigenvalue weighted by Crippen LogP contribution is -2.02. The molecule has 2 aromatic heterocycles. The highest BCUT2D eigenvalue weighted by molar-refractivity contribution is 7.13. The molecule has 0 atom stereocenters. The minimum atomic E-state index is 0.906. The van der Waals surface area contributed by atoms with Crippen molar-refractivity contribution < 1.29 is 0 Å². The number of rotatable bonds is 3. The normalized spacial score (nSPS) is 10.5. The van der Waals surface area contributed by atoms with E-state index < -0.39 is 0 Å². The van der Waals surface area contributed by atoms with E-state index in [0.717, 1.165) is 12.2 Å². The maximum absolute atomic E-state index is 4.39. The van der Waals surface area contributed by atoms with Crippen LogP contribution in [0.5, 0.6) is 0 Å². The fourth-order valence-electron chi connectivity index (χ4n) is 1.11. The number of hydrogen-bond acceptors (Lipinski definition) is 4. The van der Waals surface area contributed by atoms with Gasteiger partial charge >= 0.3 is 0 Å². The Bertz CT molecular complexity index is 365. The van der Waals surface area contributed by atoms with Crippen molar-refractivity contribution in [3.05, 3.63) is 28.5 Å². The SMILES string of the molecule is CNCc1cc(-c2cccs2)ns1. The average molecular weight is 210 g/mol. The molecule has 68 valence electrons. The van der Waals surface area contributed by atoms with Crippen molar-refractivity contribution in [3.63, 3.8) is 0 Å². The fourth-order valence-corrected chi connectivity index (χ4v) is 2.59. The third-order valence-electron chi connectivity index (χ3n) is 1.68. The van der Waals surface area contributed by atoms with Crippen LogP contribution in [0, 0.1) is 0 Å². The predicted octanol–water partition coefficient (Wildman–Crippen LogP) is 2.59. The molecule has 0 spiro atoms. The highest BCUT2D eigenvalue weighted by Gasteiger charge is 2.03. The zero-order valence-electron chi connectivity index (χ0n) is 7.28. The summed E-state index contributed by atoms with van der Waals surface area (Å²) in [5.41, 5.74) is 1.10. The van der Waals surface area contributed by atoms with E-state index in [4.69, 9.17) is 0 Å². The van der Waals surface area contributed by atoms with Crippen LogP contribution in [0.15, 0.2) is 23.6 Å². The summed E-state index contributed by atoms with van der Waals surface area (Å²) < 4.78 is 4.39. The van der Waals surface area contributed by atoms with E-state index in [1.165, 1.54) is 9.75 Å². The molecule has 2 rings (SSSR count). The molecule has 0 saturated heterocycles. The van der Waals surface area contributed by atoms with Crippen LogP contribution in [-0.2, 0) is 6.54 Å². The van der Waals surface area contributed by atoms with Crippen LogP contribution in [-0.4, -0.2) is 11.4 Å². The molecule has 0 radical (unpaired) electrons. The van der Waals surface area contributed by atoms with Crippen LogP contribution in [0.25, 0.3) is 10.6 Å². The summed E-state index contributed by atoms with van der Waals surface area (Å²) in [7, 11) is 1.95. The van der Waals surface area contributed by atoms with E-state index in [1.807, 2.05) is 7.05 Å². The van der Waals surface area contributed by atoms with E-state index in [0.29, 0.717) is 0 Å². The quantitative estimate of drug-likeness (QED) is 0.842. The van der Waals surface area contributed by atoms with E-state index in [1.54, 1.807) is 22.9 Å². The molecule has 0 amide bonds. The smallest absolute Gasteiger partial charge is 0.0943 e. The third-order valence-corrected chi connectivity index (χ3v) is 3.36. The molecule has 0 aliphatic carbocycles. The van der Waals surface area contributed by atoms with Gasteiger partial charge in [-0.3, -0.25) is 0 Å². The van der Waals surface area contributed by atoms with Crippen molar-refractivity contribution in [1.82, 2.24) is 9.69 Å². The molecule has 2 nitrogen and oxygen atoms in total. The van der Waals surface area contributed by atoms with Gasteiger partial charge in [-0.25, -0.2) is 0 Å². The summed E-state index contributed by atoms with van der Waals surface area (Å²) >= 11 is 3.30. The van der Waals surface area contributed by atoms with Gasteiger partial charge in [0.25, 0.3) is 0 Å². The van der Waals surface area contributed by atoms with Crippen molar-refractivity contribution in [2.24, 2.45) is 0 Å². The number of thiophene rings is 1. The molecule has 0 aromatic carbocycles. The molecule has 0 aliphatic rings. The molecule has 1 N–H and O–H groups in total. The van der Waals surface area contributed by atoms with Crippen molar-refractivity contribution in [2.45, 2.75) is 6.54 Å². The Balaban J connectivity index is 2.23. The zero-order chi connectivity index (χ0) is 9.10. The van der Waals surface area contributed by atoms with Gasteiger partial charge in [0.1, 0.15) is 0 Å². The van der Waals surface area contributed by atoms with Gasteiger partial charge in [-0.2, -0.15) is 4.37 Å². The molecule has 2 heterocycles. The summed E-state index contributed by atoms with van der Waals surface area (Å²) in [6.45, 7) is 0.906. The lowest BCUT2D eigenvalue weighted by molar-refractivity contribution is 0.831. The Kier molecular flexibility index (Phi) is 2.73. The van der Waals surface area contributed by atoms with E-state index >= 15 is 0 Å². The minimum absolute atomic E-state index is 0.906. The standard InChI is InChI=1S/C9H10N2S2/c1-10-6-7-5-8(11-13-7)9-3-2-4-12-9/h2-5,10H,6H2,1H3. The summed E-state index contributed by atoms with van der Waals surface area (Å²) in [6, 6.07) is 6.30. The Hall–Kier alpha value is -0.710. The molecule has 2 aromatic rings. The molecule has 0 saturated carbocycles. The number of aromatic nitrogens is 1. The minimum Gasteiger partial charge on any atom is -0.315 e. The zero-order valence-corrected chi connectivity index (χ0v) is 8.91. The van der Waals surface area contributed by atoms with Crippen LogP contribution >= 0.6 is 22.9 Å². The van der Waals surface area contributed by atoms with Gasteiger partial charge in [0, 0.05) is 11.4 Å². The van der Waals surface area contributed by atoms with Gasteiger partial charge in [-0.15, -0.1) is 11.3 Å². The van der Waals surface area contributed by atoms with Crippen molar-refractivity contribution in [1.29, 1.82) is 0 Å². The molecule has 13 heavy (non-hydrogen) atoms. The molecule has 0 bridgehead atoms. The largest absolute Gasteiger partial charge is 0.315 e. The van der Waals surface area contributed by atoms with E-state index in [2.05, 4.69) is 33.3 Å². The third kappa shape index (κ3) is 1.96. The summed E-state index contributed by atoms with van der Waals surface area (Å²) in [5.74, 6) is 0. The fraction of sp³-hybridized carbons (Fsp3) is 0.222. The van der Waals surface area contributed by atoms with Crippen LogP contribution in [0.4, 0.5) is 0 Å². The lowest BCUT2D eigenvalue weighted by Gasteiger charge is -1.89. The first-order chi connectivity index (χ1) is 6.40. The summed E-state index contributed by atoms with van der Waals surface area (Å²) in [6.07, 6.45) is 0. The molecular formula is C9H10N2S2. The Morgan fingerprint density at radius 3 is 3.15 bits per heavy atom. The van der Waals surface area contributed by atoms with Gasteiger partial charge in [0.05, 0.1) is 10.6 Å². The van der Waals surface area contributed by atoms with Crippen molar-refractivity contribution in [3.8, 4) is 10.6 Å². The second-order valence-corrected chi connectivity index (χ2v) is 4.52. The predicted molar refractivity (Wildman–Crippen MR) is 58.2 cm³/mol. The number of hydrogen-bond donors (Lipinski definition) is 1. The van der Waals surface area contributed by atoms with Crippen molar-refractivity contribution >= 4 is 22.9 Å².